The Morgan fingerprint density at radius 1 is 1.26 bits per heavy atom. The van der Waals surface area contributed by atoms with Crippen LogP contribution in [0.5, 0.6) is 0 Å². The van der Waals surface area contributed by atoms with Crippen molar-refractivity contribution in [1.82, 2.24) is 15.3 Å². The monoisotopic (exact) mass is 366 g/mol. The SMILES string of the molecule is Cc1ccc2ncc(C(=O)Nc3ccc(C4CNCCO4)c(F)c3)nc2c1. The molecule has 2 N–H and O–H groups in total. The maximum atomic E-state index is 14.5. The highest BCUT2D eigenvalue weighted by Gasteiger charge is 2.20. The molecule has 0 aliphatic carbocycles. The minimum atomic E-state index is -0.436. The molecule has 2 aromatic carbocycles. The van der Waals surface area contributed by atoms with Gasteiger partial charge < -0.3 is 15.4 Å². The van der Waals surface area contributed by atoms with Crippen LogP contribution in [0.2, 0.25) is 0 Å². The summed E-state index contributed by atoms with van der Waals surface area (Å²) in [5, 5.41) is 5.84. The van der Waals surface area contributed by atoms with Gasteiger partial charge in [0.1, 0.15) is 11.5 Å². The van der Waals surface area contributed by atoms with E-state index in [9.17, 15) is 9.18 Å². The molecule has 1 saturated heterocycles. The Kier molecular flexibility index (Phi) is 4.79. The highest BCUT2D eigenvalue weighted by Crippen LogP contribution is 2.24. The number of benzene rings is 2. The van der Waals surface area contributed by atoms with Crippen molar-refractivity contribution in [2.75, 3.05) is 25.0 Å². The summed E-state index contributed by atoms with van der Waals surface area (Å²) >= 11 is 0. The van der Waals surface area contributed by atoms with E-state index in [0.717, 1.165) is 12.1 Å². The number of halogens is 1. The van der Waals surface area contributed by atoms with Crippen molar-refractivity contribution in [3.8, 4) is 0 Å². The number of rotatable bonds is 3. The standard InChI is InChI=1S/C20H19FN4O2/c1-12-2-5-16-17(8-12)25-18(10-23-16)20(26)24-13-3-4-14(15(21)9-13)19-11-22-6-7-27-19/h2-5,8-10,19,22H,6-7,11H2,1H3,(H,24,26). The van der Waals surface area contributed by atoms with Gasteiger partial charge in [0.05, 0.1) is 29.9 Å². The zero-order chi connectivity index (χ0) is 18.8. The predicted octanol–water partition coefficient (Wildman–Crippen LogP) is 2.99. The van der Waals surface area contributed by atoms with Crippen molar-refractivity contribution in [3.05, 3.63) is 65.2 Å². The lowest BCUT2D eigenvalue weighted by Gasteiger charge is -2.24. The van der Waals surface area contributed by atoms with Gasteiger partial charge in [-0.3, -0.25) is 9.78 Å². The van der Waals surface area contributed by atoms with Gasteiger partial charge >= 0.3 is 0 Å². The average Bonchev–Trinajstić information content (AvgIpc) is 2.68. The molecule has 1 aliphatic heterocycles. The number of hydrogen-bond acceptors (Lipinski definition) is 5. The molecule has 1 aliphatic rings. The number of nitrogens with one attached hydrogen (secondary N) is 2. The molecule has 0 bridgehead atoms. The van der Waals surface area contributed by atoms with E-state index in [1.165, 1.54) is 12.3 Å². The second kappa shape index (κ2) is 7.38. The number of aromatic nitrogens is 2. The van der Waals surface area contributed by atoms with Gasteiger partial charge in [0.2, 0.25) is 0 Å². The van der Waals surface area contributed by atoms with Crippen molar-refractivity contribution in [1.29, 1.82) is 0 Å². The van der Waals surface area contributed by atoms with Gasteiger partial charge in [-0.15, -0.1) is 0 Å². The minimum absolute atomic E-state index is 0.178. The summed E-state index contributed by atoms with van der Waals surface area (Å²) in [7, 11) is 0. The van der Waals surface area contributed by atoms with Gasteiger partial charge in [0.25, 0.3) is 5.91 Å². The lowest BCUT2D eigenvalue weighted by molar-refractivity contribution is 0.0255. The molecular weight excluding hydrogens is 347 g/mol. The molecule has 6 nitrogen and oxygen atoms in total. The fourth-order valence-electron chi connectivity index (χ4n) is 3.06. The molecule has 2 heterocycles. The average molecular weight is 366 g/mol. The topological polar surface area (TPSA) is 76.1 Å². The summed E-state index contributed by atoms with van der Waals surface area (Å²) in [6.45, 7) is 3.82. The largest absolute Gasteiger partial charge is 0.371 e. The molecule has 0 spiro atoms. The number of hydrogen-bond donors (Lipinski definition) is 2. The van der Waals surface area contributed by atoms with Crippen molar-refractivity contribution in [2.24, 2.45) is 0 Å². The lowest BCUT2D eigenvalue weighted by Crippen LogP contribution is -2.33. The molecule has 4 rings (SSSR count). The van der Waals surface area contributed by atoms with E-state index in [1.54, 1.807) is 12.1 Å². The number of ether oxygens (including phenoxy) is 1. The zero-order valence-corrected chi connectivity index (χ0v) is 14.8. The first kappa shape index (κ1) is 17.5. The Hall–Kier alpha value is -2.90. The quantitative estimate of drug-likeness (QED) is 0.745. The highest BCUT2D eigenvalue weighted by molar-refractivity contribution is 6.03. The Bertz CT molecular complexity index is 1000. The second-order valence-corrected chi connectivity index (χ2v) is 6.50. The predicted molar refractivity (Wildman–Crippen MR) is 100 cm³/mol. The third-order valence-electron chi connectivity index (χ3n) is 4.46. The Balaban J connectivity index is 1.53. The summed E-state index contributed by atoms with van der Waals surface area (Å²) in [5.74, 6) is -0.852. The van der Waals surface area contributed by atoms with Crippen LogP contribution in [0.3, 0.4) is 0 Å². The van der Waals surface area contributed by atoms with Gasteiger partial charge in [-0.2, -0.15) is 0 Å². The minimum Gasteiger partial charge on any atom is -0.371 e. The van der Waals surface area contributed by atoms with Crippen molar-refractivity contribution < 1.29 is 13.9 Å². The molecule has 0 saturated carbocycles. The Morgan fingerprint density at radius 3 is 2.93 bits per heavy atom. The van der Waals surface area contributed by atoms with E-state index >= 15 is 0 Å². The van der Waals surface area contributed by atoms with E-state index in [2.05, 4.69) is 20.6 Å². The number of carbonyl (C=O) groups is 1. The summed E-state index contributed by atoms with van der Waals surface area (Å²) in [5.41, 5.74) is 3.40. The van der Waals surface area contributed by atoms with Crippen molar-refractivity contribution in [3.63, 3.8) is 0 Å². The molecule has 1 unspecified atom stereocenters. The molecule has 1 fully saturated rings. The highest BCUT2D eigenvalue weighted by atomic mass is 19.1. The van der Waals surface area contributed by atoms with Crippen LogP contribution in [0.4, 0.5) is 10.1 Å². The number of nitrogens with zero attached hydrogens (tertiary/aromatic N) is 2. The van der Waals surface area contributed by atoms with Crippen molar-refractivity contribution >= 4 is 22.6 Å². The summed E-state index contributed by atoms with van der Waals surface area (Å²) in [6.07, 6.45) is 1.09. The number of morpholine rings is 1. The summed E-state index contributed by atoms with van der Waals surface area (Å²) in [6, 6.07) is 10.3. The molecule has 7 heteroatoms. The number of amides is 1. The van der Waals surface area contributed by atoms with Gasteiger partial charge in [-0.05, 0) is 36.8 Å². The van der Waals surface area contributed by atoms with Crippen LogP contribution in [0.25, 0.3) is 11.0 Å². The summed E-state index contributed by atoms with van der Waals surface area (Å²) < 4.78 is 20.0. The third-order valence-corrected chi connectivity index (χ3v) is 4.46. The molecule has 1 aromatic heterocycles. The normalized spacial score (nSPS) is 17.0. The summed E-state index contributed by atoms with van der Waals surface area (Å²) in [4.78, 5) is 21.1. The molecule has 27 heavy (non-hydrogen) atoms. The first-order chi connectivity index (χ1) is 13.1. The van der Waals surface area contributed by atoms with Crippen LogP contribution < -0.4 is 10.6 Å². The molecule has 138 valence electrons. The van der Waals surface area contributed by atoms with Gasteiger partial charge in [-0.25, -0.2) is 9.37 Å². The van der Waals surface area contributed by atoms with Gasteiger partial charge in [-0.1, -0.05) is 12.1 Å². The first-order valence-electron chi connectivity index (χ1n) is 8.77. The number of anilines is 1. The third kappa shape index (κ3) is 3.79. The maximum Gasteiger partial charge on any atom is 0.275 e. The fourth-order valence-corrected chi connectivity index (χ4v) is 3.06. The number of carbonyl (C=O) groups excluding carboxylic acids is 1. The van der Waals surface area contributed by atoms with Crippen LogP contribution in [-0.2, 0) is 4.74 Å². The Labute approximate surface area is 155 Å². The molecular formula is C20H19FN4O2. The van der Waals surface area contributed by atoms with Crippen LogP contribution in [0, 0.1) is 12.7 Å². The van der Waals surface area contributed by atoms with E-state index < -0.39 is 11.7 Å². The van der Waals surface area contributed by atoms with E-state index in [1.807, 2.05) is 25.1 Å². The van der Waals surface area contributed by atoms with Crippen LogP contribution in [0.15, 0.2) is 42.6 Å². The van der Waals surface area contributed by atoms with Crippen LogP contribution in [-0.4, -0.2) is 35.6 Å². The smallest absolute Gasteiger partial charge is 0.275 e. The van der Waals surface area contributed by atoms with E-state index in [0.29, 0.717) is 35.4 Å². The van der Waals surface area contributed by atoms with E-state index in [4.69, 9.17) is 4.74 Å². The lowest BCUT2D eigenvalue weighted by atomic mass is 10.1. The van der Waals surface area contributed by atoms with Crippen LogP contribution in [0.1, 0.15) is 27.7 Å². The van der Waals surface area contributed by atoms with Gasteiger partial charge in [0, 0.05) is 24.3 Å². The van der Waals surface area contributed by atoms with Crippen LogP contribution >= 0.6 is 0 Å². The fraction of sp³-hybridized carbons (Fsp3) is 0.250. The molecule has 1 amide bonds. The van der Waals surface area contributed by atoms with Gasteiger partial charge in [0.15, 0.2) is 0 Å². The molecule has 3 aromatic rings. The van der Waals surface area contributed by atoms with E-state index in [-0.39, 0.29) is 11.8 Å². The van der Waals surface area contributed by atoms with Crippen molar-refractivity contribution in [2.45, 2.75) is 13.0 Å². The maximum absolute atomic E-state index is 14.5. The second-order valence-electron chi connectivity index (χ2n) is 6.50. The molecule has 0 radical (unpaired) electrons. The Morgan fingerprint density at radius 2 is 2.15 bits per heavy atom. The zero-order valence-electron chi connectivity index (χ0n) is 14.8. The first-order valence-corrected chi connectivity index (χ1v) is 8.77. The number of aryl methyl sites for hydroxylation is 1. The number of fused-ring (bicyclic) bond motifs is 1. The molecule has 1 atom stereocenters.